The molecule has 1 fully saturated rings. The Labute approximate surface area is 242 Å². The molecule has 3 amide bonds. The lowest BCUT2D eigenvalue weighted by Crippen LogP contribution is -2.32. The first-order valence-electron chi connectivity index (χ1n) is 13.2. The van der Waals surface area contributed by atoms with E-state index in [1.807, 2.05) is 39.1 Å². The third-order valence-electron chi connectivity index (χ3n) is 6.09. The number of imide groups is 1. The maximum absolute atomic E-state index is 12.6. The van der Waals surface area contributed by atoms with Gasteiger partial charge in [0.1, 0.15) is 11.5 Å². The average molecular weight is 593 g/mol. The van der Waals surface area contributed by atoms with Crippen molar-refractivity contribution in [1.29, 1.82) is 0 Å². The first-order valence-corrected chi connectivity index (χ1v) is 15.5. The van der Waals surface area contributed by atoms with Gasteiger partial charge in [0, 0.05) is 73.5 Å². The summed E-state index contributed by atoms with van der Waals surface area (Å²) in [6, 6.07) is 5.60. The second-order valence-electron chi connectivity index (χ2n) is 10.2. The average Bonchev–Trinajstić information content (AvgIpc) is 3.20. The quantitative estimate of drug-likeness (QED) is 0.148. The minimum atomic E-state index is -0.658. The Balaban J connectivity index is 1.48. The summed E-state index contributed by atoms with van der Waals surface area (Å²) >= 11 is 0. The monoisotopic (exact) mass is 592 g/mol. The Morgan fingerprint density at radius 3 is 2.52 bits per heavy atom. The third-order valence-corrected chi connectivity index (χ3v) is 9.38. The van der Waals surface area contributed by atoms with Crippen molar-refractivity contribution in [1.82, 2.24) is 10.5 Å². The first kappa shape index (κ1) is 31.5. The van der Waals surface area contributed by atoms with Gasteiger partial charge >= 0.3 is 5.97 Å². The van der Waals surface area contributed by atoms with E-state index in [0.29, 0.717) is 36.5 Å². The molecule has 2 aliphatic heterocycles. The highest BCUT2D eigenvalue weighted by molar-refractivity contribution is 8.77. The molecule has 0 radical (unpaired) electrons. The largest absolute Gasteiger partial charge is 0.494 e. The highest BCUT2D eigenvalue weighted by Gasteiger charge is 2.32. The number of nitrogens with one attached hydrogen (secondary N) is 1. The fourth-order valence-electron chi connectivity index (χ4n) is 3.99. The van der Waals surface area contributed by atoms with Gasteiger partial charge in [0.2, 0.25) is 5.91 Å². The number of amides is 3. The number of ketones is 1. The van der Waals surface area contributed by atoms with Crippen LogP contribution in [0.3, 0.4) is 0 Å². The van der Waals surface area contributed by atoms with Crippen molar-refractivity contribution in [3.05, 3.63) is 23.8 Å². The van der Waals surface area contributed by atoms with Crippen LogP contribution in [0.4, 0.5) is 5.69 Å². The SMILES string of the molecule is CC(=O)CCSSC(C)(C)CC(=O)N/N=C1\CCN(C)c2cc(OCCCC(=O)ON3C(=O)CCC3=O)ccc21. The number of anilines is 1. The predicted molar refractivity (Wildman–Crippen MR) is 155 cm³/mol. The van der Waals surface area contributed by atoms with Crippen LogP contribution in [0.25, 0.3) is 0 Å². The van der Waals surface area contributed by atoms with Crippen LogP contribution in [0, 0.1) is 0 Å². The van der Waals surface area contributed by atoms with Gasteiger partial charge in [0.25, 0.3) is 11.8 Å². The number of benzene rings is 1. The predicted octanol–water partition coefficient (Wildman–Crippen LogP) is 3.64. The van der Waals surface area contributed by atoms with Crippen LogP contribution < -0.4 is 15.1 Å². The standard InChI is InChI=1S/C27H36N4O7S2/c1-18(32)12-15-39-40-27(2,3)17-23(33)29-28-21-11-13-30(4)22-16-19(7-8-20(21)22)37-14-5-6-26(36)38-31-24(34)9-10-25(31)35/h7-8,16H,5-6,9-15,17H2,1-4H3,(H,29,33)/b28-21+. The van der Waals surface area contributed by atoms with E-state index in [4.69, 9.17) is 9.57 Å². The van der Waals surface area contributed by atoms with Crippen molar-refractivity contribution in [2.75, 3.05) is 30.9 Å². The van der Waals surface area contributed by atoms with Crippen LogP contribution >= 0.6 is 21.6 Å². The summed E-state index contributed by atoms with van der Waals surface area (Å²) in [5.74, 6) is -0.340. The number of Topliss-reactive ketones (excluding diaryl/α,β-unsaturated/α-hetero) is 1. The number of hydroxylamine groups is 2. The van der Waals surface area contributed by atoms with Gasteiger partial charge in [-0.15, -0.1) is 5.06 Å². The molecule has 0 atom stereocenters. The van der Waals surface area contributed by atoms with Crippen LogP contribution in [0.5, 0.6) is 5.75 Å². The Bertz CT molecular complexity index is 1160. The summed E-state index contributed by atoms with van der Waals surface area (Å²) in [6.07, 6.45) is 1.96. The van der Waals surface area contributed by atoms with Crippen molar-refractivity contribution in [3.63, 3.8) is 0 Å². The molecule has 0 aliphatic carbocycles. The van der Waals surface area contributed by atoms with Crippen molar-refractivity contribution >= 4 is 62.5 Å². The number of fused-ring (bicyclic) bond motifs is 1. The molecule has 218 valence electrons. The molecule has 1 aromatic rings. The fraction of sp³-hybridized carbons (Fsp3) is 0.556. The lowest BCUT2D eigenvalue weighted by Gasteiger charge is -2.29. The normalized spacial score (nSPS) is 16.2. The van der Waals surface area contributed by atoms with E-state index < -0.39 is 17.8 Å². The van der Waals surface area contributed by atoms with Gasteiger partial charge in [-0.2, -0.15) is 5.10 Å². The van der Waals surface area contributed by atoms with Gasteiger partial charge in [0.15, 0.2) is 0 Å². The van der Waals surface area contributed by atoms with Gasteiger partial charge in [-0.1, -0.05) is 21.6 Å². The molecule has 0 spiro atoms. The second-order valence-corrected chi connectivity index (χ2v) is 13.4. The number of carbonyl (C=O) groups excluding carboxylic acids is 5. The number of rotatable bonds is 14. The zero-order valence-corrected chi connectivity index (χ0v) is 25.0. The summed E-state index contributed by atoms with van der Waals surface area (Å²) in [7, 11) is 5.17. The summed E-state index contributed by atoms with van der Waals surface area (Å²) in [5.41, 5.74) is 5.30. The van der Waals surface area contributed by atoms with Crippen LogP contribution in [0.15, 0.2) is 23.3 Å². The Hall–Kier alpha value is -3.06. The van der Waals surface area contributed by atoms with Crippen LogP contribution in [-0.4, -0.2) is 70.9 Å². The molecule has 11 nitrogen and oxygen atoms in total. The van der Waals surface area contributed by atoms with E-state index in [-0.39, 0.29) is 42.3 Å². The second kappa shape index (κ2) is 14.5. The molecule has 2 heterocycles. The lowest BCUT2D eigenvalue weighted by atomic mass is 10.00. The minimum Gasteiger partial charge on any atom is -0.494 e. The zero-order valence-electron chi connectivity index (χ0n) is 23.3. The van der Waals surface area contributed by atoms with E-state index in [9.17, 15) is 24.0 Å². The summed E-state index contributed by atoms with van der Waals surface area (Å²) in [5, 5.41) is 4.97. The highest BCUT2D eigenvalue weighted by atomic mass is 33.1. The van der Waals surface area contributed by atoms with Crippen molar-refractivity contribution < 1.29 is 33.5 Å². The highest BCUT2D eigenvalue weighted by Crippen LogP contribution is 2.38. The number of carbonyl (C=O) groups is 5. The van der Waals surface area contributed by atoms with Gasteiger partial charge in [-0.3, -0.25) is 19.2 Å². The maximum Gasteiger partial charge on any atom is 0.333 e. The van der Waals surface area contributed by atoms with Gasteiger partial charge in [-0.05, 0) is 39.3 Å². The summed E-state index contributed by atoms with van der Waals surface area (Å²) in [4.78, 5) is 65.7. The third kappa shape index (κ3) is 9.54. The lowest BCUT2D eigenvalue weighted by molar-refractivity contribution is -0.197. The Morgan fingerprint density at radius 2 is 1.82 bits per heavy atom. The van der Waals surface area contributed by atoms with Gasteiger partial charge < -0.3 is 14.5 Å². The van der Waals surface area contributed by atoms with E-state index in [1.165, 1.54) is 0 Å². The maximum atomic E-state index is 12.6. The topological polar surface area (TPSA) is 135 Å². The van der Waals surface area contributed by atoms with Gasteiger partial charge in [0.05, 0.1) is 18.7 Å². The van der Waals surface area contributed by atoms with Crippen LogP contribution in [0.1, 0.15) is 71.3 Å². The molecule has 40 heavy (non-hydrogen) atoms. The van der Waals surface area contributed by atoms with Gasteiger partial charge in [-0.25, -0.2) is 10.2 Å². The summed E-state index contributed by atoms with van der Waals surface area (Å²) in [6.45, 7) is 6.54. The zero-order chi connectivity index (χ0) is 29.3. The number of ether oxygens (including phenoxy) is 1. The number of hydrazone groups is 1. The minimum absolute atomic E-state index is 0.00478. The Kier molecular flexibility index (Phi) is 11.4. The molecule has 1 N–H and O–H groups in total. The Morgan fingerprint density at radius 1 is 1.10 bits per heavy atom. The molecule has 0 bridgehead atoms. The van der Waals surface area contributed by atoms with Crippen molar-refractivity contribution in [3.8, 4) is 5.75 Å². The fourth-order valence-corrected chi connectivity index (χ4v) is 6.59. The molecule has 1 saturated heterocycles. The van der Waals surface area contributed by atoms with Crippen molar-refractivity contribution in [2.45, 2.75) is 70.5 Å². The van der Waals surface area contributed by atoms with E-state index in [0.717, 1.165) is 29.3 Å². The molecule has 0 saturated carbocycles. The molecule has 1 aromatic carbocycles. The smallest absolute Gasteiger partial charge is 0.333 e. The molecule has 3 rings (SSSR count). The molecule has 2 aliphatic rings. The van der Waals surface area contributed by atoms with Crippen LogP contribution in [0.2, 0.25) is 0 Å². The number of hydrogen-bond donors (Lipinski definition) is 1. The summed E-state index contributed by atoms with van der Waals surface area (Å²) < 4.78 is 5.51. The van der Waals surface area contributed by atoms with E-state index in [1.54, 1.807) is 28.5 Å². The molecular weight excluding hydrogens is 556 g/mol. The van der Waals surface area contributed by atoms with E-state index in [2.05, 4.69) is 15.4 Å². The first-order chi connectivity index (χ1) is 18.9. The number of hydrogen-bond acceptors (Lipinski definition) is 11. The number of nitrogens with zero attached hydrogens (tertiary/aromatic N) is 3. The molecular formula is C27H36N4O7S2. The van der Waals surface area contributed by atoms with Crippen LogP contribution in [-0.2, 0) is 28.8 Å². The van der Waals surface area contributed by atoms with Crippen molar-refractivity contribution in [2.24, 2.45) is 5.10 Å². The molecule has 0 unspecified atom stereocenters. The molecule has 13 heteroatoms. The molecule has 0 aromatic heterocycles. The van der Waals surface area contributed by atoms with E-state index >= 15 is 0 Å².